The lowest BCUT2D eigenvalue weighted by atomic mass is 9.79. The van der Waals surface area contributed by atoms with Gasteiger partial charge in [0.1, 0.15) is 29.0 Å². The van der Waals surface area contributed by atoms with Gasteiger partial charge >= 0.3 is 7.12 Å². The average molecular weight is 1320 g/mol. The van der Waals surface area contributed by atoms with Crippen LogP contribution in [-0.2, 0) is 33.8 Å². The van der Waals surface area contributed by atoms with Crippen LogP contribution in [0.4, 0.5) is 13.2 Å². The molecule has 6 aliphatic rings. The maximum Gasteiger partial charge on any atom is 0.488 e. The van der Waals surface area contributed by atoms with E-state index in [1.165, 1.54) is 81.3 Å². The number of phenols is 2. The molecule has 12 aromatic rings. The molecule has 0 atom stereocenters. The Balaban J connectivity index is 0.000000116. The Morgan fingerprint density at radius 3 is 1.05 bits per heavy atom. The molecule has 6 aliphatic heterocycles. The lowest BCUT2D eigenvalue weighted by Gasteiger charge is -2.26. The zero-order valence-corrected chi connectivity index (χ0v) is 54.7. The third kappa shape index (κ3) is 12.2. The summed E-state index contributed by atoms with van der Waals surface area (Å²) in [5.41, 5.74) is 24.6. The highest BCUT2D eigenvalue weighted by Crippen LogP contribution is 2.49. The molecule has 0 unspecified atom stereocenters. The zero-order valence-electron chi connectivity index (χ0n) is 54.7. The maximum atomic E-state index is 13.8. The van der Waals surface area contributed by atoms with Crippen LogP contribution in [0.15, 0.2) is 191 Å². The lowest BCUT2D eigenvalue weighted by Crippen LogP contribution is -2.29. The quantitative estimate of drug-likeness (QED) is 0.0992. The Morgan fingerprint density at radius 1 is 0.394 bits per heavy atom. The van der Waals surface area contributed by atoms with E-state index < -0.39 is 7.12 Å². The minimum atomic E-state index is -1.51. The summed E-state index contributed by atoms with van der Waals surface area (Å²) in [4.78, 5) is 13.4. The summed E-state index contributed by atoms with van der Waals surface area (Å²) in [5, 5.41) is 42.7. The first-order valence-electron chi connectivity index (χ1n) is 34.1. The van der Waals surface area contributed by atoms with Crippen LogP contribution in [-0.4, -0.2) is 99.4 Å². The summed E-state index contributed by atoms with van der Waals surface area (Å²) in [5.74, 6) is 0.681. The number of rotatable bonds is 10. The van der Waals surface area contributed by atoms with Gasteiger partial charge < -0.3 is 48.2 Å². The molecule has 18 rings (SSSR count). The molecule has 13 nitrogen and oxygen atoms in total. The zero-order chi connectivity index (χ0) is 67.4. The van der Waals surface area contributed by atoms with Crippen molar-refractivity contribution in [2.75, 3.05) is 39.6 Å². The summed E-state index contributed by atoms with van der Waals surface area (Å²) in [6.45, 7) is 8.29. The molecule has 17 heteroatoms. The molecule has 99 heavy (non-hydrogen) atoms. The highest BCUT2D eigenvalue weighted by molar-refractivity contribution is 6.58. The maximum absolute atomic E-state index is 13.8. The van der Waals surface area contributed by atoms with E-state index in [4.69, 9.17) is 14.2 Å². The molecular weight excluding hydrogens is 1250 g/mol. The number of nitrogens with zero attached hydrogens (tertiary/aromatic N) is 6. The van der Waals surface area contributed by atoms with Crippen LogP contribution in [0.3, 0.4) is 0 Å². The molecule has 0 spiro atoms. The van der Waals surface area contributed by atoms with Gasteiger partial charge in [0.05, 0.1) is 36.2 Å². The second-order valence-electron chi connectivity index (χ2n) is 26.5. The van der Waals surface area contributed by atoms with Gasteiger partial charge in [-0.1, -0.05) is 42.5 Å². The van der Waals surface area contributed by atoms with Gasteiger partial charge in [-0.2, -0.15) is 0 Å². The van der Waals surface area contributed by atoms with Crippen LogP contribution in [0.2, 0.25) is 0 Å². The van der Waals surface area contributed by atoms with Crippen molar-refractivity contribution in [1.29, 1.82) is 0 Å². The minimum Gasteiger partial charge on any atom is -0.508 e. The molecule has 3 saturated heterocycles. The molecule has 9 aromatic carbocycles. The largest absolute Gasteiger partial charge is 0.508 e. The summed E-state index contributed by atoms with van der Waals surface area (Å²) >= 11 is 0. The minimum absolute atomic E-state index is 0.245. The molecule has 0 bridgehead atoms. The van der Waals surface area contributed by atoms with Crippen LogP contribution >= 0.6 is 0 Å². The standard InChI is InChI=1S/C28H25FN2O2.C27H24BFN2O3.C27H23FN2O2/c1-17-12-19(2-7-26(17)32)27-24-13-20-15-30-16-21(20)14-25(24)31(23-5-3-22(29)4-6-23)28(27)18-8-10-33-11-9-18;29-22-5-7-23(8-6-22)31-25-14-20-16-30-15-19(20)13-24(25)26(27(31)18-9-11-34-12-10-18)17-1-3-21(4-2-17)28(32)33;28-21-3-5-22(6-4-21)30-25-14-20-16-29-15-19(20)13-24(25)26(17-1-7-23(31)8-2-17)27(30)18-9-11-32-12-10-18/h2-7,12-14,16,18,32H,8-11,15H2,1H3;1-8,13-14,16,18,32-33H,9-12,15H2;1-8,13-14,16,18,31H,9-12,15H2. The van der Waals surface area contributed by atoms with E-state index in [9.17, 15) is 33.4 Å². The molecule has 0 saturated carbocycles. The van der Waals surface area contributed by atoms with Crippen molar-refractivity contribution in [2.24, 2.45) is 15.0 Å². The Hall–Kier alpha value is -10.1. The van der Waals surface area contributed by atoms with Crippen molar-refractivity contribution in [3.8, 4) is 61.9 Å². The number of hydrogen-bond donors (Lipinski definition) is 4. The third-order valence-electron chi connectivity index (χ3n) is 20.5. The first kappa shape index (κ1) is 63.6. The van der Waals surface area contributed by atoms with Gasteiger partial charge in [-0.25, -0.2) is 13.2 Å². The fraction of sp³-hybridized carbons (Fsp3) is 0.232. The Bertz CT molecular complexity index is 5140. The Labute approximate surface area is 571 Å². The third-order valence-corrected chi connectivity index (χ3v) is 20.5. The van der Waals surface area contributed by atoms with Crippen molar-refractivity contribution in [3.05, 3.63) is 249 Å². The molecule has 0 amide bonds. The van der Waals surface area contributed by atoms with Gasteiger partial charge in [-0.3, -0.25) is 15.0 Å². The molecule has 3 fully saturated rings. The summed E-state index contributed by atoms with van der Waals surface area (Å²) in [7, 11) is -1.51. The number of aromatic nitrogens is 3. The average Bonchev–Trinajstić information content (AvgIpc) is 1.59. The highest BCUT2D eigenvalue weighted by atomic mass is 19.1. The number of aryl methyl sites for hydroxylation is 1. The molecule has 4 N–H and O–H groups in total. The fourth-order valence-electron chi connectivity index (χ4n) is 15.6. The highest BCUT2D eigenvalue weighted by Gasteiger charge is 2.33. The predicted molar refractivity (Wildman–Crippen MR) is 386 cm³/mol. The first-order chi connectivity index (χ1) is 48.4. The first-order valence-corrected chi connectivity index (χ1v) is 34.1. The summed E-state index contributed by atoms with van der Waals surface area (Å²) in [6, 6.07) is 54.1. The van der Waals surface area contributed by atoms with E-state index in [0.717, 1.165) is 159 Å². The van der Waals surface area contributed by atoms with Gasteiger partial charge in [0.25, 0.3) is 0 Å². The van der Waals surface area contributed by atoms with Gasteiger partial charge in [-0.05, 0) is 240 Å². The van der Waals surface area contributed by atoms with Gasteiger partial charge in [0, 0.05) is 143 Å². The van der Waals surface area contributed by atoms with Crippen molar-refractivity contribution in [1.82, 2.24) is 13.7 Å². The molecule has 496 valence electrons. The smallest absolute Gasteiger partial charge is 0.488 e. The molecular formula is C82H72BF3N6O7. The van der Waals surface area contributed by atoms with Crippen LogP contribution in [0.25, 0.3) is 83.2 Å². The van der Waals surface area contributed by atoms with E-state index in [0.29, 0.717) is 55.9 Å². The monoisotopic (exact) mass is 1320 g/mol. The van der Waals surface area contributed by atoms with E-state index in [1.807, 2.05) is 92.3 Å². The predicted octanol–water partition coefficient (Wildman–Crippen LogP) is 16.2. The van der Waals surface area contributed by atoms with Crippen LogP contribution in [0, 0.1) is 24.4 Å². The van der Waals surface area contributed by atoms with E-state index >= 15 is 0 Å². The van der Waals surface area contributed by atoms with Crippen molar-refractivity contribution < 1.29 is 47.6 Å². The van der Waals surface area contributed by atoms with Gasteiger partial charge in [0.15, 0.2) is 0 Å². The summed E-state index contributed by atoms with van der Waals surface area (Å²) < 4.78 is 65.4. The van der Waals surface area contributed by atoms with Crippen LogP contribution < -0.4 is 5.46 Å². The van der Waals surface area contributed by atoms with E-state index in [2.05, 4.69) is 71.1 Å². The van der Waals surface area contributed by atoms with Crippen LogP contribution in [0.5, 0.6) is 11.5 Å². The Kier molecular flexibility index (Phi) is 17.3. The second-order valence-corrected chi connectivity index (χ2v) is 26.5. The molecule has 0 radical (unpaired) electrons. The molecule has 9 heterocycles. The van der Waals surface area contributed by atoms with Crippen molar-refractivity contribution in [3.63, 3.8) is 0 Å². The number of ether oxygens (including phenoxy) is 3. The normalized spacial score (nSPS) is 15.9. The fourth-order valence-corrected chi connectivity index (χ4v) is 15.6. The molecule has 0 aliphatic carbocycles. The van der Waals surface area contributed by atoms with E-state index in [-0.39, 0.29) is 29.1 Å². The lowest BCUT2D eigenvalue weighted by molar-refractivity contribution is 0.0843. The Morgan fingerprint density at radius 2 is 0.717 bits per heavy atom. The second kappa shape index (κ2) is 26.9. The number of benzene rings is 9. The number of halogens is 3. The van der Waals surface area contributed by atoms with E-state index in [1.54, 1.807) is 30.3 Å². The topological polar surface area (TPSA) is 160 Å². The number of phenolic OH excluding ortho intramolecular Hbond substituents is 2. The van der Waals surface area contributed by atoms with Crippen molar-refractivity contribution >= 4 is 63.9 Å². The molecule has 3 aromatic heterocycles. The number of hydrogen-bond acceptors (Lipinski definition) is 10. The van der Waals surface area contributed by atoms with Crippen LogP contribution in [0.1, 0.15) is 112 Å². The van der Waals surface area contributed by atoms with Crippen molar-refractivity contribution in [2.45, 2.75) is 82.8 Å². The van der Waals surface area contributed by atoms with Gasteiger partial charge in [-0.15, -0.1) is 0 Å². The van der Waals surface area contributed by atoms with Gasteiger partial charge in [0.2, 0.25) is 0 Å². The number of fused-ring (bicyclic) bond motifs is 6. The summed E-state index contributed by atoms with van der Waals surface area (Å²) in [6.07, 6.45) is 11.3. The number of aliphatic imine (C=N–C) groups is 3. The SMILES string of the molecule is Cc1cc(-c2c(C3CCOCC3)n(-c3ccc(F)cc3)c3cc4c(cc23)CN=C4)ccc1O.OB(O)c1ccc(-c2c(C3CCOCC3)n(-c3ccc(F)cc3)c3cc4c(cc23)CN=C4)cc1.Oc1ccc(-c2c(C3CCOCC3)n(-c3ccc(F)cc3)c3cc4c(cc23)CN=C4)cc1. The number of aromatic hydroxyl groups is 2.